The van der Waals surface area contributed by atoms with Crippen LogP contribution in [0.25, 0.3) is 11.1 Å². The fraction of sp³-hybridized carbons (Fsp3) is 0.562. The summed E-state index contributed by atoms with van der Waals surface area (Å²) < 4.78 is 16.7. The monoisotopic (exact) mass is 510 g/mol. The molecule has 0 aliphatic carbocycles. The molecule has 2 aromatic carbocycles. The predicted molar refractivity (Wildman–Crippen MR) is 150 cm³/mol. The Labute approximate surface area is 223 Å². The fourth-order valence-electron chi connectivity index (χ4n) is 4.10. The van der Waals surface area contributed by atoms with Gasteiger partial charge in [-0.3, -0.25) is 0 Å². The summed E-state index contributed by atoms with van der Waals surface area (Å²) in [6.07, 6.45) is 11.7. The van der Waals surface area contributed by atoms with Crippen LogP contribution >= 0.6 is 0 Å². The molecule has 37 heavy (non-hydrogen) atoms. The maximum atomic E-state index is 12.5. The van der Waals surface area contributed by atoms with Crippen LogP contribution in [0.15, 0.2) is 48.5 Å². The third-order valence-corrected chi connectivity index (χ3v) is 6.47. The van der Waals surface area contributed by atoms with Gasteiger partial charge in [-0.2, -0.15) is 0 Å². The fourth-order valence-corrected chi connectivity index (χ4v) is 4.10. The summed E-state index contributed by atoms with van der Waals surface area (Å²) in [4.78, 5) is 24.8. The van der Waals surface area contributed by atoms with E-state index in [9.17, 15) is 9.59 Å². The van der Waals surface area contributed by atoms with Crippen molar-refractivity contribution in [2.24, 2.45) is 0 Å². The summed E-state index contributed by atoms with van der Waals surface area (Å²) in [5, 5.41) is 0. The second-order valence-corrected chi connectivity index (χ2v) is 9.86. The molecule has 0 fully saturated rings. The van der Waals surface area contributed by atoms with Crippen molar-refractivity contribution < 1.29 is 23.8 Å². The maximum absolute atomic E-state index is 12.5. The van der Waals surface area contributed by atoms with E-state index < -0.39 is 18.0 Å². The molecule has 0 aromatic heterocycles. The van der Waals surface area contributed by atoms with Crippen molar-refractivity contribution in [2.45, 2.75) is 111 Å². The van der Waals surface area contributed by atoms with Gasteiger partial charge in [0.1, 0.15) is 5.75 Å². The van der Waals surface area contributed by atoms with E-state index in [0.29, 0.717) is 5.56 Å². The molecule has 0 aliphatic heterocycles. The molecule has 1 unspecified atom stereocenters. The molecule has 0 amide bonds. The first kappa shape index (κ1) is 30.4. The molecular weight excluding hydrogens is 464 g/mol. The zero-order valence-electron chi connectivity index (χ0n) is 23.3. The molecule has 0 aliphatic rings. The Morgan fingerprint density at radius 1 is 0.676 bits per heavy atom. The number of unbranched alkanes of at least 4 members (excludes halogenated alkanes) is 8. The number of esters is 2. The highest BCUT2D eigenvalue weighted by atomic mass is 16.6. The van der Waals surface area contributed by atoms with Gasteiger partial charge in [0.2, 0.25) is 0 Å². The summed E-state index contributed by atoms with van der Waals surface area (Å²) in [6, 6.07) is 15.2. The molecule has 5 nitrogen and oxygen atoms in total. The Hall–Kier alpha value is -2.82. The lowest BCUT2D eigenvalue weighted by atomic mass is 10.0. The first-order chi connectivity index (χ1) is 17.9. The van der Waals surface area contributed by atoms with Crippen LogP contribution in [0, 0.1) is 0 Å². The number of hydrogen-bond donors (Lipinski definition) is 0. The van der Waals surface area contributed by atoms with Crippen molar-refractivity contribution >= 4 is 11.9 Å². The Bertz CT molecular complexity index is 904. The zero-order valence-corrected chi connectivity index (χ0v) is 23.3. The largest absolute Gasteiger partial charge is 0.494 e. The van der Waals surface area contributed by atoms with Gasteiger partial charge in [0.25, 0.3) is 0 Å². The van der Waals surface area contributed by atoms with Gasteiger partial charge in [-0.1, -0.05) is 89.5 Å². The highest BCUT2D eigenvalue weighted by Crippen LogP contribution is 2.23. The molecule has 2 atom stereocenters. The lowest BCUT2D eigenvalue weighted by molar-refractivity contribution is -0.158. The Morgan fingerprint density at radius 2 is 1.22 bits per heavy atom. The number of carbonyl (C=O) groups excluding carboxylic acids is 2. The van der Waals surface area contributed by atoms with E-state index in [1.54, 1.807) is 19.1 Å². The number of hydrogen-bond acceptors (Lipinski definition) is 5. The molecule has 0 saturated heterocycles. The number of rotatable bonds is 18. The third-order valence-electron chi connectivity index (χ3n) is 6.47. The van der Waals surface area contributed by atoms with Crippen LogP contribution in [0.2, 0.25) is 0 Å². The van der Waals surface area contributed by atoms with Crippen molar-refractivity contribution in [3.05, 3.63) is 54.1 Å². The van der Waals surface area contributed by atoms with Crippen molar-refractivity contribution in [3.8, 4) is 16.9 Å². The molecule has 2 rings (SSSR count). The SMILES string of the molecule is CCCCCCCCOc1ccc(-c2ccc(C(=O)O[C@@H](C)C(=O)OC(C)CCCCCC)cc2)cc1. The molecule has 0 N–H and O–H groups in total. The molecule has 0 spiro atoms. The molecule has 0 saturated carbocycles. The average molecular weight is 511 g/mol. The van der Waals surface area contributed by atoms with Crippen LogP contribution in [0.1, 0.15) is 109 Å². The van der Waals surface area contributed by atoms with Crippen LogP contribution in [0.5, 0.6) is 5.75 Å². The van der Waals surface area contributed by atoms with E-state index in [2.05, 4.69) is 13.8 Å². The zero-order chi connectivity index (χ0) is 26.9. The molecule has 0 heterocycles. The standard InChI is InChI=1S/C32H46O5/c1-5-7-9-11-12-14-24-35-30-22-20-28(21-23-30)27-16-18-29(19-17-27)32(34)37-26(4)31(33)36-25(3)15-13-10-8-6-2/h16-23,25-26H,5-15,24H2,1-4H3/t25?,26-/m0/s1. The lowest BCUT2D eigenvalue weighted by Crippen LogP contribution is -2.29. The van der Waals surface area contributed by atoms with Crippen molar-refractivity contribution in [3.63, 3.8) is 0 Å². The van der Waals surface area contributed by atoms with E-state index in [4.69, 9.17) is 14.2 Å². The number of ether oxygens (including phenoxy) is 3. The lowest BCUT2D eigenvalue weighted by Gasteiger charge is -2.17. The van der Waals surface area contributed by atoms with Crippen LogP contribution in [-0.4, -0.2) is 30.8 Å². The van der Waals surface area contributed by atoms with E-state index in [1.165, 1.54) is 44.9 Å². The minimum absolute atomic E-state index is 0.183. The molecular formula is C32H46O5. The normalized spacial score (nSPS) is 12.5. The van der Waals surface area contributed by atoms with Gasteiger partial charge in [0, 0.05) is 0 Å². The van der Waals surface area contributed by atoms with E-state index in [-0.39, 0.29) is 6.10 Å². The first-order valence-electron chi connectivity index (χ1n) is 14.2. The van der Waals surface area contributed by atoms with Crippen molar-refractivity contribution in [1.29, 1.82) is 0 Å². The second-order valence-electron chi connectivity index (χ2n) is 9.86. The van der Waals surface area contributed by atoms with Crippen molar-refractivity contribution in [1.82, 2.24) is 0 Å². The van der Waals surface area contributed by atoms with Gasteiger partial charge >= 0.3 is 11.9 Å². The highest BCUT2D eigenvalue weighted by molar-refractivity contribution is 5.92. The van der Waals surface area contributed by atoms with Gasteiger partial charge in [-0.25, -0.2) is 9.59 Å². The van der Waals surface area contributed by atoms with Gasteiger partial charge in [-0.15, -0.1) is 0 Å². The molecule has 0 radical (unpaired) electrons. The molecule has 5 heteroatoms. The highest BCUT2D eigenvalue weighted by Gasteiger charge is 2.22. The molecule has 0 bridgehead atoms. The summed E-state index contributed by atoms with van der Waals surface area (Å²) in [7, 11) is 0. The van der Waals surface area contributed by atoms with Crippen LogP contribution in [0.4, 0.5) is 0 Å². The Morgan fingerprint density at radius 3 is 1.84 bits per heavy atom. The van der Waals surface area contributed by atoms with E-state index >= 15 is 0 Å². The van der Waals surface area contributed by atoms with Gasteiger partial charge in [0.15, 0.2) is 6.10 Å². The average Bonchev–Trinajstić information content (AvgIpc) is 2.91. The third kappa shape index (κ3) is 11.8. The van der Waals surface area contributed by atoms with Gasteiger partial charge < -0.3 is 14.2 Å². The summed E-state index contributed by atoms with van der Waals surface area (Å²) in [6.45, 7) is 8.57. The quantitative estimate of drug-likeness (QED) is 0.148. The number of benzene rings is 2. The smallest absolute Gasteiger partial charge is 0.347 e. The van der Waals surface area contributed by atoms with Gasteiger partial charge in [0.05, 0.1) is 18.3 Å². The minimum atomic E-state index is -0.950. The van der Waals surface area contributed by atoms with Crippen LogP contribution in [-0.2, 0) is 14.3 Å². The summed E-state index contributed by atoms with van der Waals surface area (Å²) in [5.41, 5.74) is 2.43. The summed E-state index contributed by atoms with van der Waals surface area (Å²) in [5.74, 6) is -0.175. The summed E-state index contributed by atoms with van der Waals surface area (Å²) >= 11 is 0. The molecule has 204 valence electrons. The topological polar surface area (TPSA) is 61.8 Å². The molecule has 2 aromatic rings. The predicted octanol–water partition coefficient (Wildman–Crippen LogP) is 8.54. The Kier molecular flexibility index (Phi) is 14.5. The number of carbonyl (C=O) groups is 2. The minimum Gasteiger partial charge on any atom is -0.494 e. The first-order valence-corrected chi connectivity index (χ1v) is 14.2. The van der Waals surface area contributed by atoms with Crippen molar-refractivity contribution in [2.75, 3.05) is 6.61 Å². The second kappa shape index (κ2) is 17.6. The van der Waals surface area contributed by atoms with E-state index in [0.717, 1.165) is 49.2 Å². The van der Waals surface area contributed by atoms with Gasteiger partial charge in [-0.05, 0) is 68.5 Å². The van der Waals surface area contributed by atoms with E-state index in [1.807, 2.05) is 43.3 Å². The maximum Gasteiger partial charge on any atom is 0.347 e. The van der Waals surface area contributed by atoms with Crippen LogP contribution < -0.4 is 4.74 Å². The Balaban J connectivity index is 1.77. The van der Waals surface area contributed by atoms with Crippen LogP contribution in [0.3, 0.4) is 0 Å².